The average molecular weight is 343 g/mol. The van der Waals surface area contributed by atoms with Gasteiger partial charge in [-0.05, 0) is 20.8 Å². The van der Waals surface area contributed by atoms with Crippen molar-refractivity contribution in [2.45, 2.75) is 33.9 Å². The summed E-state index contributed by atoms with van der Waals surface area (Å²) in [6.45, 7) is 12.8. The van der Waals surface area contributed by atoms with E-state index in [1.807, 2.05) is 0 Å². The summed E-state index contributed by atoms with van der Waals surface area (Å²) in [5, 5.41) is 0. The van der Waals surface area contributed by atoms with Crippen molar-refractivity contribution in [3.05, 3.63) is 71.8 Å². The second-order valence-electron chi connectivity index (χ2n) is 7.87. The molecule has 0 N–H and O–H groups in total. The van der Waals surface area contributed by atoms with Crippen molar-refractivity contribution in [1.29, 1.82) is 0 Å². The van der Waals surface area contributed by atoms with E-state index < -0.39 is 0 Å². The first-order valence-electron chi connectivity index (χ1n) is 9.57. The zero-order valence-corrected chi connectivity index (χ0v) is 17.2. The maximum Gasteiger partial charge on any atom is 0.104 e. The lowest BCUT2D eigenvalue weighted by molar-refractivity contribution is -0.936. The van der Waals surface area contributed by atoms with Crippen LogP contribution >= 0.6 is 0 Å². The molecule has 0 saturated carbocycles. The standard InChI is InChI=1S/C13H22N.C10H16N/c1-4-14(5-2,6-3)12-13-10-8-7-9-11-13;1-11(2,3)9-10-7-5-4-6-8-10/h7-11H,4-6,12H2,1-3H3;4-8H,9H2,1-3H3/q2*+1. The largest absolute Gasteiger partial charge is 0.327 e. The Morgan fingerprint density at radius 1 is 0.560 bits per heavy atom. The predicted molar refractivity (Wildman–Crippen MR) is 110 cm³/mol. The Kier molecular flexibility index (Phi) is 8.88. The second-order valence-corrected chi connectivity index (χ2v) is 7.87. The normalized spacial score (nSPS) is 11.6. The lowest BCUT2D eigenvalue weighted by Crippen LogP contribution is -2.46. The molecule has 138 valence electrons. The monoisotopic (exact) mass is 342 g/mol. The minimum absolute atomic E-state index is 0.990. The minimum atomic E-state index is 0.990. The lowest BCUT2D eigenvalue weighted by Gasteiger charge is -2.35. The number of benzene rings is 2. The molecule has 0 aliphatic heterocycles. The molecule has 0 aromatic heterocycles. The summed E-state index contributed by atoms with van der Waals surface area (Å²) in [6, 6.07) is 21.4. The van der Waals surface area contributed by atoms with Crippen LogP contribution in [0.1, 0.15) is 31.9 Å². The smallest absolute Gasteiger partial charge is 0.104 e. The summed E-state index contributed by atoms with van der Waals surface area (Å²) < 4.78 is 2.19. The summed E-state index contributed by atoms with van der Waals surface area (Å²) >= 11 is 0. The number of quaternary nitrogens is 2. The molecule has 0 unspecified atom stereocenters. The van der Waals surface area contributed by atoms with E-state index in [0.717, 1.165) is 11.0 Å². The molecule has 2 aromatic carbocycles. The third kappa shape index (κ3) is 8.33. The van der Waals surface area contributed by atoms with E-state index >= 15 is 0 Å². The van der Waals surface area contributed by atoms with Crippen LogP contribution in [0.5, 0.6) is 0 Å². The van der Waals surface area contributed by atoms with Crippen LogP contribution in [0, 0.1) is 0 Å². The van der Waals surface area contributed by atoms with Crippen LogP contribution in [0.2, 0.25) is 0 Å². The molecule has 0 aliphatic rings. The van der Waals surface area contributed by atoms with Gasteiger partial charge in [0.1, 0.15) is 13.1 Å². The van der Waals surface area contributed by atoms with Gasteiger partial charge in [-0.1, -0.05) is 60.7 Å². The molecule has 0 saturated heterocycles. The fourth-order valence-electron chi connectivity index (χ4n) is 3.11. The van der Waals surface area contributed by atoms with Crippen LogP contribution in [0.3, 0.4) is 0 Å². The summed E-state index contributed by atoms with van der Waals surface area (Å²) in [4.78, 5) is 0. The van der Waals surface area contributed by atoms with Gasteiger partial charge in [0.05, 0.1) is 40.8 Å². The molecular formula is C23H38N2+2. The first-order chi connectivity index (χ1) is 11.8. The molecule has 0 atom stereocenters. The Hall–Kier alpha value is -1.64. The molecule has 2 aromatic rings. The fourth-order valence-corrected chi connectivity index (χ4v) is 3.11. The number of nitrogens with zero attached hydrogens (tertiary/aromatic N) is 2. The van der Waals surface area contributed by atoms with Crippen molar-refractivity contribution >= 4 is 0 Å². The average Bonchev–Trinajstić information content (AvgIpc) is 2.61. The molecule has 0 aliphatic carbocycles. The van der Waals surface area contributed by atoms with E-state index in [0.29, 0.717) is 0 Å². The molecule has 0 bridgehead atoms. The Morgan fingerprint density at radius 3 is 1.24 bits per heavy atom. The zero-order valence-electron chi connectivity index (χ0n) is 17.2. The van der Waals surface area contributed by atoms with Crippen molar-refractivity contribution in [2.24, 2.45) is 0 Å². The Labute approximate surface area is 155 Å². The van der Waals surface area contributed by atoms with Gasteiger partial charge in [-0.3, -0.25) is 0 Å². The highest BCUT2D eigenvalue weighted by Gasteiger charge is 2.20. The SMILES string of the molecule is CC[N+](CC)(CC)Cc1ccccc1.C[N+](C)(C)Cc1ccccc1. The van der Waals surface area contributed by atoms with Crippen molar-refractivity contribution < 1.29 is 8.97 Å². The molecule has 2 rings (SSSR count). The maximum absolute atomic E-state index is 2.29. The van der Waals surface area contributed by atoms with Gasteiger partial charge in [0.15, 0.2) is 0 Å². The topological polar surface area (TPSA) is 0 Å². The minimum Gasteiger partial charge on any atom is -0.327 e. The van der Waals surface area contributed by atoms with Gasteiger partial charge >= 0.3 is 0 Å². The molecular weight excluding hydrogens is 304 g/mol. The van der Waals surface area contributed by atoms with Gasteiger partial charge in [-0.25, -0.2) is 0 Å². The third-order valence-electron chi connectivity index (χ3n) is 4.87. The molecule has 2 heteroatoms. The predicted octanol–water partition coefficient (Wildman–Crippen LogP) is 4.96. The molecule has 0 amide bonds. The van der Waals surface area contributed by atoms with Crippen molar-refractivity contribution in [3.63, 3.8) is 0 Å². The lowest BCUT2D eigenvalue weighted by atomic mass is 10.2. The number of rotatable bonds is 7. The quantitative estimate of drug-likeness (QED) is 0.624. The third-order valence-corrected chi connectivity index (χ3v) is 4.87. The number of hydrogen-bond donors (Lipinski definition) is 0. The Balaban J connectivity index is 0.000000257. The summed E-state index contributed by atoms with van der Waals surface area (Å²) in [7, 11) is 6.60. The molecule has 2 nitrogen and oxygen atoms in total. The van der Waals surface area contributed by atoms with Crippen molar-refractivity contribution in [2.75, 3.05) is 40.8 Å². The first-order valence-corrected chi connectivity index (χ1v) is 9.57. The Bertz CT molecular complexity index is 558. The molecule has 0 radical (unpaired) electrons. The summed E-state index contributed by atoms with van der Waals surface area (Å²) in [6.07, 6.45) is 0. The molecule has 25 heavy (non-hydrogen) atoms. The van der Waals surface area contributed by atoms with Gasteiger partial charge in [-0.2, -0.15) is 0 Å². The van der Waals surface area contributed by atoms with Gasteiger partial charge in [0.25, 0.3) is 0 Å². The van der Waals surface area contributed by atoms with E-state index in [1.165, 1.54) is 41.8 Å². The van der Waals surface area contributed by atoms with Gasteiger partial charge in [0.2, 0.25) is 0 Å². The van der Waals surface area contributed by atoms with Gasteiger partial charge in [0, 0.05) is 11.1 Å². The van der Waals surface area contributed by atoms with E-state index in [9.17, 15) is 0 Å². The van der Waals surface area contributed by atoms with Gasteiger partial charge < -0.3 is 8.97 Å². The fraction of sp³-hybridized carbons (Fsp3) is 0.478. The van der Waals surface area contributed by atoms with Crippen molar-refractivity contribution in [1.82, 2.24) is 0 Å². The summed E-state index contributed by atoms with van der Waals surface area (Å²) in [5.41, 5.74) is 2.86. The van der Waals surface area contributed by atoms with E-state index in [2.05, 4.69) is 103 Å². The van der Waals surface area contributed by atoms with Crippen LogP contribution in [0.15, 0.2) is 60.7 Å². The maximum atomic E-state index is 2.29. The highest BCUT2D eigenvalue weighted by Crippen LogP contribution is 2.13. The zero-order chi connectivity index (χ0) is 18.8. The summed E-state index contributed by atoms with van der Waals surface area (Å²) in [5.74, 6) is 0. The van der Waals surface area contributed by atoms with E-state index in [4.69, 9.17) is 0 Å². The van der Waals surface area contributed by atoms with Crippen LogP contribution in [0.4, 0.5) is 0 Å². The second kappa shape index (κ2) is 10.4. The van der Waals surface area contributed by atoms with Crippen molar-refractivity contribution in [3.8, 4) is 0 Å². The molecule has 0 fully saturated rings. The molecule has 0 heterocycles. The van der Waals surface area contributed by atoms with Crippen LogP contribution in [-0.2, 0) is 13.1 Å². The van der Waals surface area contributed by atoms with E-state index in [1.54, 1.807) is 0 Å². The van der Waals surface area contributed by atoms with E-state index in [-0.39, 0.29) is 0 Å². The van der Waals surface area contributed by atoms with Gasteiger partial charge in [-0.15, -0.1) is 0 Å². The Morgan fingerprint density at radius 2 is 0.920 bits per heavy atom. The highest BCUT2D eigenvalue weighted by atomic mass is 15.3. The number of hydrogen-bond acceptors (Lipinski definition) is 0. The molecule has 0 spiro atoms. The van der Waals surface area contributed by atoms with Crippen LogP contribution < -0.4 is 0 Å². The highest BCUT2D eigenvalue weighted by molar-refractivity contribution is 5.14. The van der Waals surface area contributed by atoms with Crippen LogP contribution in [0.25, 0.3) is 0 Å². The van der Waals surface area contributed by atoms with Crippen LogP contribution in [-0.4, -0.2) is 49.7 Å². The first kappa shape index (κ1) is 21.4.